The molecule has 3 aromatic rings. The number of hydrogen-bond donors (Lipinski definition) is 3. The molecule has 144 valence electrons. The van der Waals surface area contributed by atoms with Crippen molar-refractivity contribution in [3.8, 4) is 11.8 Å². The first-order valence-corrected chi connectivity index (χ1v) is 8.91. The number of fused-ring (bicyclic) bond motifs is 1. The highest BCUT2D eigenvalue weighted by molar-refractivity contribution is 5.98. The fraction of sp³-hybridized carbons (Fsp3) is 0.143. The molecule has 1 aliphatic heterocycles. The molecule has 1 aliphatic rings. The highest BCUT2D eigenvalue weighted by atomic mass is 16.5. The molecule has 8 nitrogen and oxygen atoms in total. The average molecular weight is 387 g/mol. The maximum atomic E-state index is 12.9. The summed E-state index contributed by atoms with van der Waals surface area (Å²) in [4.78, 5) is 32.5. The molecule has 0 fully saturated rings. The minimum Gasteiger partial charge on any atom is -0.497 e. The summed E-state index contributed by atoms with van der Waals surface area (Å²) in [5.41, 5.74) is 1.24. The van der Waals surface area contributed by atoms with Crippen LogP contribution < -0.4 is 20.9 Å². The molecule has 3 N–H and O–H groups in total. The maximum Gasteiger partial charge on any atom is 0.258 e. The monoisotopic (exact) mass is 387 g/mol. The first kappa shape index (κ1) is 18.3. The van der Waals surface area contributed by atoms with Crippen LogP contribution in [-0.4, -0.2) is 23.0 Å². The minimum absolute atomic E-state index is 0.148. The highest BCUT2D eigenvalue weighted by Crippen LogP contribution is 2.37. The van der Waals surface area contributed by atoms with Crippen LogP contribution in [0, 0.1) is 17.2 Å². The van der Waals surface area contributed by atoms with Gasteiger partial charge in [-0.2, -0.15) is 10.2 Å². The number of amides is 1. The smallest absolute Gasteiger partial charge is 0.258 e. The van der Waals surface area contributed by atoms with Gasteiger partial charge in [0.05, 0.1) is 18.7 Å². The number of ether oxygens (including phenoxy) is 1. The lowest BCUT2D eigenvalue weighted by atomic mass is 9.79. The molecule has 0 spiro atoms. The molecule has 29 heavy (non-hydrogen) atoms. The second kappa shape index (κ2) is 7.48. The summed E-state index contributed by atoms with van der Waals surface area (Å²) in [6, 6.07) is 18.1. The van der Waals surface area contributed by atoms with Crippen molar-refractivity contribution in [3.05, 3.63) is 76.1 Å². The van der Waals surface area contributed by atoms with Crippen LogP contribution in [0.3, 0.4) is 0 Å². The van der Waals surface area contributed by atoms with Crippen molar-refractivity contribution in [2.75, 3.05) is 17.7 Å². The molecule has 4 rings (SSSR count). The zero-order valence-corrected chi connectivity index (χ0v) is 15.5. The predicted molar refractivity (Wildman–Crippen MR) is 107 cm³/mol. The Labute approximate surface area is 166 Å². The van der Waals surface area contributed by atoms with Gasteiger partial charge in [-0.25, -0.2) is 0 Å². The van der Waals surface area contributed by atoms with Crippen LogP contribution in [0.4, 0.5) is 17.5 Å². The number of nitriles is 1. The maximum absolute atomic E-state index is 12.9. The summed E-state index contributed by atoms with van der Waals surface area (Å²) >= 11 is 0. The van der Waals surface area contributed by atoms with Crippen LogP contribution in [-0.2, 0) is 4.79 Å². The van der Waals surface area contributed by atoms with Crippen LogP contribution in [0.2, 0.25) is 0 Å². The van der Waals surface area contributed by atoms with Gasteiger partial charge < -0.3 is 15.4 Å². The SMILES string of the molecule is COc1ccc(Nc2nc3c(c(=O)[nH]2)[C@@H](c2ccccc2)[C@@H](C#N)C(=O)N3)cc1. The number of H-pyrrole nitrogens is 1. The standard InChI is InChI=1S/C21H17N5O3/c1-29-14-9-7-13(8-10-14)23-21-25-18-17(20(28)26-21)16(12-5-3-2-4-6-12)15(11-22)19(27)24-18/h2-10,15-16H,1H3,(H3,23,24,25,26,27,28)/t15-,16+/m1/s1. The van der Waals surface area contributed by atoms with E-state index < -0.39 is 23.3 Å². The lowest BCUT2D eigenvalue weighted by molar-refractivity contribution is -0.119. The Hall–Kier alpha value is -4.12. The fourth-order valence-electron chi connectivity index (χ4n) is 3.40. The Bertz CT molecular complexity index is 1150. The van der Waals surface area contributed by atoms with E-state index in [1.54, 1.807) is 55.6 Å². The number of hydrogen-bond acceptors (Lipinski definition) is 6. The number of carbonyl (C=O) groups is 1. The van der Waals surface area contributed by atoms with Crippen molar-refractivity contribution in [1.82, 2.24) is 9.97 Å². The molecule has 1 amide bonds. The van der Waals surface area contributed by atoms with Gasteiger partial charge in [0.2, 0.25) is 11.9 Å². The number of aromatic amines is 1. The summed E-state index contributed by atoms with van der Waals surface area (Å²) in [6.07, 6.45) is 0. The van der Waals surface area contributed by atoms with Crippen LogP contribution >= 0.6 is 0 Å². The Morgan fingerprint density at radius 2 is 1.83 bits per heavy atom. The van der Waals surface area contributed by atoms with Crippen LogP contribution in [0.15, 0.2) is 59.4 Å². The molecular weight excluding hydrogens is 370 g/mol. The van der Waals surface area contributed by atoms with Gasteiger partial charge in [0.1, 0.15) is 17.5 Å². The van der Waals surface area contributed by atoms with E-state index >= 15 is 0 Å². The van der Waals surface area contributed by atoms with Crippen molar-refractivity contribution in [3.63, 3.8) is 0 Å². The minimum atomic E-state index is -1.02. The summed E-state index contributed by atoms with van der Waals surface area (Å²) in [5, 5.41) is 15.1. The Morgan fingerprint density at radius 1 is 1.10 bits per heavy atom. The quantitative estimate of drug-likeness (QED) is 0.633. The fourth-order valence-corrected chi connectivity index (χ4v) is 3.40. The summed E-state index contributed by atoms with van der Waals surface area (Å²) in [7, 11) is 1.57. The molecule has 0 aliphatic carbocycles. The third-order valence-electron chi connectivity index (χ3n) is 4.77. The van der Waals surface area contributed by atoms with E-state index in [1.807, 2.05) is 12.1 Å². The number of rotatable bonds is 4. The van der Waals surface area contributed by atoms with Gasteiger partial charge in [-0.3, -0.25) is 14.6 Å². The average Bonchev–Trinajstić information content (AvgIpc) is 2.74. The second-order valence-electron chi connectivity index (χ2n) is 6.51. The summed E-state index contributed by atoms with van der Waals surface area (Å²) in [6.45, 7) is 0. The Kier molecular flexibility index (Phi) is 4.71. The van der Waals surface area contributed by atoms with E-state index in [0.717, 1.165) is 0 Å². The normalized spacial score (nSPS) is 17.6. The number of methoxy groups -OCH3 is 1. The number of nitrogens with zero attached hydrogens (tertiary/aromatic N) is 2. The zero-order valence-electron chi connectivity index (χ0n) is 15.5. The van der Waals surface area contributed by atoms with Crippen molar-refractivity contribution >= 4 is 23.4 Å². The number of anilines is 3. The van der Waals surface area contributed by atoms with Gasteiger partial charge in [-0.15, -0.1) is 0 Å². The Morgan fingerprint density at radius 3 is 2.48 bits per heavy atom. The molecule has 2 heterocycles. The lowest BCUT2D eigenvalue weighted by Gasteiger charge is -2.28. The third kappa shape index (κ3) is 3.41. The molecule has 0 bridgehead atoms. The number of nitrogens with one attached hydrogen (secondary N) is 3. The molecule has 0 saturated carbocycles. The van der Waals surface area contributed by atoms with Gasteiger partial charge in [0.25, 0.3) is 5.56 Å². The first-order valence-electron chi connectivity index (χ1n) is 8.91. The predicted octanol–water partition coefficient (Wildman–Crippen LogP) is 2.75. The molecule has 1 aromatic heterocycles. The van der Waals surface area contributed by atoms with Crippen molar-refractivity contribution in [2.45, 2.75) is 5.92 Å². The van der Waals surface area contributed by atoms with Gasteiger partial charge in [-0.05, 0) is 29.8 Å². The van der Waals surface area contributed by atoms with E-state index in [4.69, 9.17) is 4.74 Å². The topological polar surface area (TPSA) is 120 Å². The van der Waals surface area contributed by atoms with E-state index in [2.05, 4.69) is 20.6 Å². The van der Waals surface area contributed by atoms with Gasteiger partial charge in [-0.1, -0.05) is 30.3 Å². The largest absolute Gasteiger partial charge is 0.497 e. The number of benzene rings is 2. The second-order valence-corrected chi connectivity index (χ2v) is 6.51. The Balaban J connectivity index is 1.76. The van der Waals surface area contributed by atoms with Gasteiger partial charge in [0, 0.05) is 11.6 Å². The molecule has 2 atom stereocenters. The van der Waals surface area contributed by atoms with E-state index in [1.165, 1.54) is 0 Å². The molecule has 0 radical (unpaired) electrons. The summed E-state index contributed by atoms with van der Waals surface area (Å²) in [5.74, 6) is -1.17. The number of carbonyl (C=O) groups excluding carboxylic acids is 1. The summed E-state index contributed by atoms with van der Waals surface area (Å²) < 4.78 is 5.12. The van der Waals surface area contributed by atoms with E-state index in [9.17, 15) is 14.9 Å². The highest BCUT2D eigenvalue weighted by Gasteiger charge is 2.40. The van der Waals surface area contributed by atoms with Crippen LogP contribution in [0.1, 0.15) is 17.0 Å². The third-order valence-corrected chi connectivity index (χ3v) is 4.77. The van der Waals surface area contributed by atoms with Gasteiger partial charge >= 0.3 is 0 Å². The van der Waals surface area contributed by atoms with E-state index in [0.29, 0.717) is 17.0 Å². The molecule has 0 saturated heterocycles. The van der Waals surface area contributed by atoms with Crippen molar-refractivity contribution < 1.29 is 9.53 Å². The molecular formula is C21H17N5O3. The van der Waals surface area contributed by atoms with Crippen molar-refractivity contribution in [1.29, 1.82) is 5.26 Å². The van der Waals surface area contributed by atoms with Crippen LogP contribution in [0.5, 0.6) is 5.75 Å². The zero-order chi connectivity index (χ0) is 20.4. The number of aromatic nitrogens is 2. The van der Waals surface area contributed by atoms with Crippen LogP contribution in [0.25, 0.3) is 0 Å². The molecule has 8 heteroatoms. The first-order chi connectivity index (χ1) is 14.1. The molecule has 0 unspecified atom stereocenters. The van der Waals surface area contributed by atoms with Crippen molar-refractivity contribution in [2.24, 2.45) is 5.92 Å². The molecule has 2 aromatic carbocycles. The van der Waals surface area contributed by atoms with Gasteiger partial charge in [0.15, 0.2) is 0 Å². The van der Waals surface area contributed by atoms with E-state index in [-0.39, 0.29) is 17.3 Å². The lowest BCUT2D eigenvalue weighted by Crippen LogP contribution is -2.38.